The van der Waals surface area contributed by atoms with Crippen LogP contribution in [-0.2, 0) is 14.9 Å². The van der Waals surface area contributed by atoms with Crippen molar-refractivity contribution < 1.29 is 24.2 Å². The van der Waals surface area contributed by atoms with Crippen molar-refractivity contribution in [3.05, 3.63) is 89.7 Å². The summed E-state index contributed by atoms with van der Waals surface area (Å²) in [6.45, 7) is 5.97. The second kappa shape index (κ2) is 12.6. The number of pyridine rings is 1. The van der Waals surface area contributed by atoms with Crippen molar-refractivity contribution in [3.63, 3.8) is 0 Å². The summed E-state index contributed by atoms with van der Waals surface area (Å²) < 4.78 is 12.6. The minimum Gasteiger partial charge on any atom is -0.506 e. The Bertz CT molecular complexity index is 1850. The number of amides is 3. The molecule has 12 heteroatoms. The first-order valence-electron chi connectivity index (χ1n) is 13.6. The van der Waals surface area contributed by atoms with Gasteiger partial charge < -0.3 is 25.2 Å². The van der Waals surface area contributed by atoms with Crippen molar-refractivity contribution in [1.29, 1.82) is 0 Å². The fourth-order valence-electron chi connectivity index (χ4n) is 4.38. The molecule has 0 aliphatic carbocycles. The molecule has 0 bridgehead atoms. The van der Waals surface area contributed by atoms with E-state index in [9.17, 15) is 14.7 Å². The number of phenols is 1. The van der Waals surface area contributed by atoms with Gasteiger partial charge in [0.1, 0.15) is 35.5 Å². The van der Waals surface area contributed by atoms with Crippen LogP contribution in [0.1, 0.15) is 26.5 Å². The molecule has 2 heterocycles. The van der Waals surface area contributed by atoms with E-state index in [2.05, 4.69) is 20.9 Å². The number of hydrogen-bond acceptors (Lipinski definition) is 7. The van der Waals surface area contributed by atoms with Crippen LogP contribution in [0.25, 0.3) is 16.5 Å². The summed E-state index contributed by atoms with van der Waals surface area (Å²) in [5.74, 6) is 1.37. The van der Waals surface area contributed by atoms with Gasteiger partial charge in [-0.3, -0.25) is 10.1 Å². The van der Waals surface area contributed by atoms with Crippen molar-refractivity contribution in [2.24, 2.45) is 0 Å². The number of nitrogens with zero attached hydrogens (tertiary/aromatic N) is 3. The van der Waals surface area contributed by atoms with Crippen molar-refractivity contribution in [2.45, 2.75) is 26.2 Å². The fourth-order valence-corrected chi connectivity index (χ4v) is 4.56. The summed E-state index contributed by atoms with van der Waals surface area (Å²) in [6.07, 6.45) is 1.53. The molecule has 11 nitrogen and oxygen atoms in total. The molecular weight excluding hydrogens is 584 g/mol. The largest absolute Gasteiger partial charge is 0.506 e. The van der Waals surface area contributed by atoms with E-state index in [1.807, 2.05) is 45.0 Å². The number of ether oxygens (including phenoxy) is 2. The van der Waals surface area contributed by atoms with E-state index in [1.165, 1.54) is 19.4 Å². The molecule has 5 aromatic rings. The van der Waals surface area contributed by atoms with Crippen LogP contribution in [0.15, 0.2) is 79.0 Å². The van der Waals surface area contributed by atoms with Gasteiger partial charge in [-0.25, -0.2) is 14.5 Å². The molecule has 0 saturated carbocycles. The van der Waals surface area contributed by atoms with Crippen LogP contribution in [0.5, 0.6) is 17.2 Å². The maximum absolute atomic E-state index is 13.3. The molecule has 3 amide bonds. The SMILES string of the molecule is COCC(=O)Nc1cc(Oc2ccc(NC(=O)Nc3cc(C(C)(C)C)nn3-c3ccc(O)c(Cl)c3)c3ccccc23)ccn1. The average Bonchev–Trinajstić information content (AvgIpc) is 3.40. The maximum atomic E-state index is 13.3. The van der Waals surface area contributed by atoms with Gasteiger partial charge in [0.25, 0.3) is 5.91 Å². The zero-order valence-electron chi connectivity index (χ0n) is 24.5. The van der Waals surface area contributed by atoms with Gasteiger partial charge in [0, 0.05) is 41.6 Å². The number of anilines is 3. The summed E-state index contributed by atoms with van der Waals surface area (Å²) in [4.78, 5) is 29.4. The maximum Gasteiger partial charge on any atom is 0.324 e. The molecule has 0 spiro atoms. The summed E-state index contributed by atoms with van der Waals surface area (Å²) in [7, 11) is 1.44. The first kappa shape index (κ1) is 30.3. The number of hydrogen-bond donors (Lipinski definition) is 4. The molecule has 0 aliphatic rings. The lowest BCUT2D eigenvalue weighted by Crippen LogP contribution is -2.21. The molecule has 0 aliphatic heterocycles. The molecule has 4 N–H and O–H groups in total. The van der Waals surface area contributed by atoms with Gasteiger partial charge in [-0.2, -0.15) is 5.10 Å². The van der Waals surface area contributed by atoms with E-state index < -0.39 is 6.03 Å². The fraction of sp³-hybridized carbons (Fsp3) is 0.188. The number of carbonyl (C=O) groups is 2. The number of aromatic nitrogens is 3. The number of benzene rings is 3. The van der Waals surface area contributed by atoms with Gasteiger partial charge in [0.2, 0.25) is 0 Å². The number of methoxy groups -OCH3 is 1. The molecule has 44 heavy (non-hydrogen) atoms. The molecule has 5 rings (SSSR count). The van der Waals surface area contributed by atoms with Gasteiger partial charge in [-0.15, -0.1) is 0 Å². The predicted molar refractivity (Wildman–Crippen MR) is 170 cm³/mol. The second-order valence-corrected chi connectivity index (χ2v) is 11.3. The van der Waals surface area contributed by atoms with Crippen LogP contribution in [-0.4, -0.2) is 45.5 Å². The number of carbonyl (C=O) groups excluding carboxylic acids is 2. The molecule has 0 atom stereocenters. The number of aromatic hydroxyl groups is 1. The summed E-state index contributed by atoms with van der Waals surface area (Å²) in [5.41, 5.74) is 1.59. The molecule has 0 saturated heterocycles. The number of nitrogens with one attached hydrogen (secondary N) is 3. The Kier molecular flexibility index (Phi) is 8.70. The highest BCUT2D eigenvalue weighted by molar-refractivity contribution is 6.32. The highest BCUT2D eigenvalue weighted by Gasteiger charge is 2.22. The van der Waals surface area contributed by atoms with Crippen molar-refractivity contribution in [2.75, 3.05) is 29.7 Å². The minimum atomic E-state index is -0.485. The Morgan fingerprint density at radius 3 is 2.45 bits per heavy atom. The van der Waals surface area contributed by atoms with Gasteiger partial charge in [-0.05, 0) is 36.4 Å². The molecule has 0 unspecified atom stereocenters. The first-order valence-corrected chi connectivity index (χ1v) is 14.0. The van der Waals surface area contributed by atoms with Crippen LogP contribution in [0.2, 0.25) is 5.02 Å². The number of urea groups is 1. The molecule has 0 radical (unpaired) electrons. The number of fused-ring (bicyclic) bond motifs is 1. The number of halogens is 1. The molecule has 2 aromatic heterocycles. The highest BCUT2D eigenvalue weighted by Crippen LogP contribution is 2.35. The van der Waals surface area contributed by atoms with E-state index in [4.69, 9.17) is 26.2 Å². The third kappa shape index (κ3) is 6.91. The van der Waals surface area contributed by atoms with Gasteiger partial charge >= 0.3 is 6.03 Å². The van der Waals surface area contributed by atoms with Crippen LogP contribution >= 0.6 is 11.6 Å². The van der Waals surface area contributed by atoms with E-state index in [0.29, 0.717) is 34.5 Å². The van der Waals surface area contributed by atoms with Crippen LogP contribution in [0.3, 0.4) is 0 Å². The Hall–Kier alpha value is -5.13. The quantitative estimate of drug-likeness (QED) is 0.146. The number of phenolic OH excluding ortho intramolecular Hbond substituents is 1. The van der Waals surface area contributed by atoms with Crippen LogP contribution in [0.4, 0.5) is 22.1 Å². The van der Waals surface area contributed by atoms with Gasteiger partial charge in [0.15, 0.2) is 0 Å². The summed E-state index contributed by atoms with van der Waals surface area (Å²) in [5, 5.41) is 24.7. The van der Waals surface area contributed by atoms with Crippen LogP contribution < -0.4 is 20.7 Å². The standard InChI is InChI=1S/C32H31ClN6O5/c1-32(2,3)27-17-29(39(38-27)19-9-11-25(40)23(33)15-19)37-31(42)35-24-10-12-26(22-8-6-5-7-21(22)24)44-20-13-14-34-28(16-20)36-30(41)18-43-4/h5-17,40H,18H2,1-4H3,(H,34,36,41)(H2,35,37,42). The summed E-state index contributed by atoms with van der Waals surface area (Å²) >= 11 is 6.16. The Morgan fingerprint density at radius 1 is 0.955 bits per heavy atom. The molecular formula is C32H31ClN6O5. The number of rotatable bonds is 8. The second-order valence-electron chi connectivity index (χ2n) is 10.9. The van der Waals surface area contributed by atoms with Crippen molar-refractivity contribution >= 4 is 51.6 Å². The topological polar surface area (TPSA) is 140 Å². The van der Waals surface area contributed by atoms with E-state index in [0.717, 1.165) is 16.5 Å². The third-order valence-corrected chi connectivity index (χ3v) is 6.83. The zero-order chi connectivity index (χ0) is 31.4. The smallest absolute Gasteiger partial charge is 0.324 e. The Balaban J connectivity index is 1.39. The average molecular weight is 615 g/mol. The van der Waals surface area contributed by atoms with Crippen molar-refractivity contribution in [1.82, 2.24) is 14.8 Å². The predicted octanol–water partition coefficient (Wildman–Crippen LogP) is 7.10. The molecule has 0 fully saturated rings. The van der Waals surface area contributed by atoms with E-state index in [1.54, 1.807) is 47.1 Å². The lowest BCUT2D eigenvalue weighted by atomic mass is 9.92. The summed E-state index contributed by atoms with van der Waals surface area (Å²) in [6, 6.07) is 20.3. The van der Waals surface area contributed by atoms with Crippen molar-refractivity contribution in [3.8, 4) is 22.9 Å². The monoisotopic (exact) mass is 614 g/mol. The van der Waals surface area contributed by atoms with E-state index >= 15 is 0 Å². The Morgan fingerprint density at radius 2 is 1.73 bits per heavy atom. The lowest BCUT2D eigenvalue weighted by Gasteiger charge is -2.15. The van der Waals surface area contributed by atoms with E-state index in [-0.39, 0.29) is 28.7 Å². The van der Waals surface area contributed by atoms with Crippen LogP contribution in [0, 0.1) is 0 Å². The minimum absolute atomic E-state index is 0.0524. The highest BCUT2D eigenvalue weighted by atomic mass is 35.5. The zero-order valence-corrected chi connectivity index (χ0v) is 25.3. The molecule has 226 valence electrons. The Labute approximate surface area is 258 Å². The lowest BCUT2D eigenvalue weighted by molar-refractivity contribution is -0.119. The third-order valence-electron chi connectivity index (χ3n) is 6.53. The normalized spacial score (nSPS) is 11.3. The first-order chi connectivity index (χ1) is 21.0. The molecule has 3 aromatic carbocycles. The van der Waals surface area contributed by atoms with Gasteiger partial charge in [0.05, 0.1) is 22.1 Å². The van der Waals surface area contributed by atoms with Gasteiger partial charge in [-0.1, -0.05) is 56.6 Å².